The summed E-state index contributed by atoms with van der Waals surface area (Å²) in [4.78, 5) is 0. The van der Waals surface area contributed by atoms with E-state index in [1.807, 2.05) is 12.1 Å². The molecule has 1 aliphatic rings. The van der Waals surface area contributed by atoms with E-state index in [0.717, 1.165) is 11.3 Å². The lowest BCUT2D eigenvalue weighted by molar-refractivity contribution is 0.419. The summed E-state index contributed by atoms with van der Waals surface area (Å²) in [7, 11) is 0. The summed E-state index contributed by atoms with van der Waals surface area (Å²) in [5.41, 5.74) is 2.00. The fraction of sp³-hybridized carbons (Fsp3) is 0.400. The summed E-state index contributed by atoms with van der Waals surface area (Å²) >= 11 is 0. The predicted octanol–water partition coefficient (Wildman–Crippen LogP) is 4.24. The molecule has 2 atom stereocenters. The molecule has 18 heavy (non-hydrogen) atoms. The van der Waals surface area contributed by atoms with Crippen molar-refractivity contribution in [3.8, 4) is 11.3 Å². The van der Waals surface area contributed by atoms with Crippen molar-refractivity contribution in [2.45, 2.75) is 26.7 Å². The zero-order valence-electron chi connectivity index (χ0n) is 10.8. The molecule has 0 amide bonds. The molecular weight excluding hydrogens is 229 g/mol. The summed E-state index contributed by atoms with van der Waals surface area (Å²) in [6, 6.07) is 8.33. The molecule has 0 saturated heterocycles. The van der Waals surface area contributed by atoms with Crippen molar-refractivity contribution < 1.29 is 8.91 Å². The SMILES string of the molecule is CC1C(c2cc(-c3cccc(F)c3)on2)C1(C)C. The Kier molecular flexibility index (Phi) is 2.34. The van der Waals surface area contributed by atoms with E-state index in [4.69, 9.17) is 4.52 Å². The van der Waals surface area contributed by atoms with E-state index in [0.29, 0.717) is 17.6 Å². The fourth-order valence-electron chi connectivity index (χ4n) is 2.74. The lowest BCUT2D eigenvalue weighted by Gasteiger charge is -1.97. The molecule has 0 spiro atoms. The Morgan fingerprint density at radius 2 is 2.00 bits per heavy atom. The molecule has 1 fully saturated rings. The van der Waals surface area contributed by atoms with Gasteiger partial charge >= 0.3 is 0 Å². The second-order valence-electron chi connectivity index (χ2n) is 5.71. The topological polar surface area (TPSA) is 26.0 Å². The average Bonchev–Trinajstić information content (AvgIpc) is 2.68. The summed E-state index contributed by atoms with van der Waals surface area (Å²) in [6.45, 7) is 6.69. The van der Waals surface area contributed by atoms with Crippen molar-refractivity contribution in [3.63, 3.8) is 0 Å². The van der Waals surface area contributed by atoms with Crippen LogP contribution in [0.15, 0.2) is 34.9 Å². The minimum absolute atomic E-state index is 0.259. The lowest BCUT2D eigenvalue weighted by atomic mass is 10.1. The highest BCUT2D eigenvalue weighted by molar-refractivity contribution is 5.57. The number of hydrogen-bond donors (Lipinski definition) is 0. The number of halogens is 1. The number of aromatic nitrogens is 1. The normalized spacial score (nSPS) is 25.1. The molecule has 1 aliphatic carbocycles. The molecule has 2 nitrogen and oxygen atoms in total. The zero-order valence-corrected chi connectivity index (χ0v) is 10.8. The van der Waals surface area contributed by atoms with Gasteiger partial charge in [-0.3, -0.25) is 0 Å². The molecule has 0 aliphatic heterocycles. The van der Waals surface area contributed by atoms with E-state index in [2.05, 4.69) is 25.9 Å². The summed E-state index contributed by atoms with van der Waals surface area (Å²) in [5.74, 6) is 1.44. The van der Waals surface area contributed by atoms with Crippen molar-refractivity contribution in [1.82, 2.24) is 5.16 Å². The third kappa shape index (κ3) is 1.65. The van der Waals surface area contributed by atoms with Crippen LogP contribution in [-0.2, 0) is 0 Å². The van der Waals surface area contributed by atoms with Gasteiger partial charge in [-0.15, -0.1) is 0 Å². The second-order valence-corrected chi connectivity index (χ2v) is 5.71. The Morgan fingerprint density at radius 1 is 1.28 bits per heavy atom. The number of nitrogens with zero attached hydrogens (tertiary/aromatic N) is 1. The molecular formula is C15H16FNO. The smallest absolute Gasteiger partial charge is 0.167 e. The van der Waals surface area contributed by atoms with E-state index in [1.54, 1.807) is 6.07 Å². The van der Waals surface area contributed by atoms with E-state index >= 15 is 0 Å². The van der Waals surface area contributed by atoms with Gasteiger partial charge in [0.15, 0.2) is 5.76 Å². The van der Waals surface area contributed by atoms with E-state index in [1.165, 1.54) is 12.1 Å². The summed E-state index contributed by atoms with van der Waals surface area (Å²) in [5, 5.41) is 4.13. The first-order chi connectivity index (χ1) is 8.50. The fourth-order valence-corrected chi connectivity index (χ4v) is 2.74. The van der Waals surface area contributed by atoms with Gasteiger partial charge in [-0.25, -0.2) is 4.39 Å². The lowest BCUT2D eigenvalue weighted by Crippen LogP contribution is -1.89. The zero-order chi connectivity index (χ0) is 12.9. The van der Waals surface area contributed by atoms with Gasteiger partial charge in [0.25, 0.3) is 0 Å². The quantitative estimate of drug-likeness (QED) is 0.791. The highest BCUT2D eigenvalue weighted by Crippen LogP contribution is 2.63. The number of hydrogen-bond acceptors (Lipinski definition) is 2. The van der Waals surface area contributed by atoms with Crippen LogP contribution >= 0.6 is 0 Å². The van der Waals surface area contributed by atoms with Crippen LogP contribution in [-0.4, -0.2) is 5.16 Å². The van der Waals surface area contributed by atoms with Gasteiger partial charge in [0.2, 0.25) is 0 Å². The van der Waals surface area contributed by atoms with E-state index in [9.17, 15) is 4.39 Å². The van der Waals surface area contributed by atoms with Gasteiger partial charge in [0.05, 0.1) is 5.69 Å². The predicted molar refractivity (Wildman–Crippen MR) is 67.6 cm³/mol. The first kappa shape index (κ1) is 11.5. The van der Waals surface area contributed by atoms with Crippen LogP contribution in [0.1, 0.15) is 32.4 Å². The van der Waals surface area contributed by atoms with E-state index < -0.39 is 0 Å². The highest BCUT2D eigenvalue weighted by atomic mass is 19.1. The molecule has 0 bridgehead atoms. The summed E-state index contributed by atoms with van der Waals surface area (Å²) < 4.78 is 18.5. The second kappa shape index (κ2) is 3.67. The molecule has 0 radical (unpaired) electrons. The van der Waals surface area contributed by atoms with Crippen LogP contribution < -0.4 is 0 Å². The molecule has 2 unspecified atom stereocenters. The van der Waals surface area contributed by atoms with Crippen LogP contribution in [0.5, 0.6) is 0 Å². The number of benzene rings is 1. The molecule has 1 heterocycles. The van der Waals surface area contributed by atoms with Gasteiger partial charge in [-0.05, 0) is 23.5 Å². The van der Waals surface area contributed by atoms with Crippen LogP contribution in [0.2, 0.25) is 0 Å². The minimum atomic E-state index is -0.259. The van der Waals surface area contributed by atoms with Crippen molar-refractivity contribution in [1.29, 1.82) is 0 Å². The Labute approximate surface area is 106 Å². The minimum Gasteiger partial charge on any atom is -0.356 e. The van der Waals surface area contributed by atoms with Crippen molar-refractivity contribution in [2.75, 3.05) is 0 Å². The molecule has 1 aromatic carbocycles. The van der Waals surface area contributed by atoms with Crippen molar-refractivity contribution in [3.05, 3.63) is 41.8 Å². The van der Waals surface area contributed by atoms with Gasteiger partial charge in [-0.1, -0.05) is 38.1 Å². The van der Waals surface area contributed by atoms with Gasteiger partial charge < -0.3 is 4.52 Å². The molecule has 1 saturated carbocycles. The van der Waals surface area contributed by atoms with Crippen LogP contribution in [0, 0.1) is 17.2 Å². The first-order valence-electron chi connectivity index (χ1n) is 6.22. The van der Waals surface area contributed by atoms with Crippen molar-refractivity contribution >= 4 is 0 Å². The standard InChI is InChI=1S/C15H16FNO/c1-9-14(15(9,2)3)12-8-13(18-17-12)10-5-4-6-11(16)7-10/h4-9,14H,1-3H3. The third-order valence-electron chi connectivity index (χ3n) is 4.32. The first-order valence-corrected chi connectivity index (χ1v) is 6.22. The number of rotatable bonds is 2. The maximum atomic E-state index is 13.2. The van der Waals surface area contributed by atoms with Gasteiger partial charge in [-0.2, -0.15) is 0 Å². The van der Waals surface area contributed by atoms with Crippen molar-refractivity contribution in [2.24, 2.45) is 11.3 Å². The van der Waals surface area contributed by atoms with Gasteiger partial charge in [0, 0.05) is 17.5 Å². The average molecular weight is 245 g/mol. The maximum absolute atomic E-state index is 13.2. The van der Waals surface area contributed by atoms with Crippen LogP contribution in [0.4, 0.5) is 4.39 Å². The molecule has 1 aromatic heterocycles. The molecule has 3 rings (SSSR count). The Hall–Kier alpha value is -1.64. The third-order valence-corrected chi connectivity index (χ3v) is 4.32. The molecule has 0 N–H and O–H groups in total. The molecule has 2 aromatic rings. The maximum Gasteiger partial charge on any atom is 0.167 e. The Morgan fingerprint density at radius 3 is 2.61 bits per heavy atom. The van der Waals surface area contributed by atoms with Gasteiger partial charge in [0.1, 0.15) is 5.82 Å². The summed E-state index contributed by atoms with van der Waals surface area (Å²) in [6.07, 6.45) is 0. The Bertz CT molecular complexity index is 588. The largest absolute Gasteiger partial charge is 0.356 e. The highest BCUT2D eigenvalue weighted by Gasteiger charge is 2.56. The molecule has 94 valence electrons. The van der Waals surface area contributed by atoms with Crippen LogP contribution in [0.3, 0.4) is 0 Å². The monoisotopic (exact) mass is 245 g/mol. The Balaban J connectivity index is 1.91. The van der Waals surface area contributed by atoms with Crippen LogP contribution in [0.25, 0.3) is 11.3 Å². The van der Waals surface area contributed by atoms with E-state index in [-0.39, 0.29) is 11.2 Å². The molecule has 3 heteroatoms.